The molecule has 0 spiro atoms. The first-order valence-electron chi connectivity index (χ1n) is 12.7. The zero-order valence-electron chi connectivity index (χ0n) is 21.7. The van der Waals surface area contributed by atoms with E-state index in [1.165, 1.54) is 0 Å². The summed E-state index contributed by atoms with van der Waals surface area (Å²) in [6.45, 7) is 1.16. The number of nitrogens with zero attached hydrogens (tertiary/aromatic N) is 9. The summed E-state index contributed by atoms with van der Waals surface area (Å²) >= 11 is 0. The highest BCUT2D eigenvalue weighted by Gasteiger charge is 2.30. The van der Waals surface area contributed by atoms with Crippen LogP contribution < -0.4 is 5.32 Å². The van der Waals surface area contributed by atoms with E-state index in [4.69, 9.17) is 4.74 Å². The van der Waals surface area contributed by atoms with E-state index in [0.29, 0.717) is 36.7 Å². The second-order valence-electron chi connectivity index (χ2n) is 9.69. The summed E-state index contributed by atoms with van der Waals surface area (Å²) in [5.41, 5.74) is 3.94. The zero-order valence-corrected chi connectivity index (χ0v) is 21.7. The van der Waals surface area contributed by atoms with Gasteiger partial charge in [-0.3, -0.25) is 18.7 Å². The van der Waals surface area contributed by atoms with E-state index < -0.39 is 0 Å². The minimum Gasteiger partial charge on any atom is -0.383 e. The van der Waals surface area contributed by atoms with Gasteiger partial charge in [-0.25, -0.2) is 9.50 Å². The molecule has 0 bridgehead atoms. The number of hydrogen-bond acceptors (Lipinski definition) is 8. The van der Waals surface area contributed by atoms with Gasteiger partial charge in [-0.1, -0.05) is 0 Å². The minimum atomic E-state index is -0.0435. The van der Waals surface area contributed by atoms with Gasteiger partial charge in [0.15, 0.2) is 17.1 Å². The normalized spacial score (nSPS) is 13.3. The third-order valence-corrected chi connectivity index (χ3v) is 6.71. The highest BCUT2D eigenvalue weighted by molar-refractivity contribution is 5.93. The summed E-state index contributed by atoms with van der Waals surface area (Å²) in [5.74, 6) is 1.30. The van der Waals surface area contributed by atoms with Crippen molar-refractivity contribution in [3.8, 4) is 11.1 Å². The Morgan fingerprint density at radius 1 is 1.08 bits per heavy atom. The fourth-order valence-electron chi connectivity index (χ4n) is 4.25. The molecular formula is C26H28N10O3. The minimum absolute atomic E-state index is 0.0101. The number of hydrogen-bond donors (Lipinski definition) is 1. The number of likely N-dealkylation sites (N-methyl/N-ethyl adjacent to an activating group) is 1. The molecule has 1 saturated carbocycles. The Morgan fingerprint density at radius 2 is 1.92 bits per heavy atom. The van der Waals surface area contributed by atoms with Crippen molar-refractivity contribution < 1.29 is 14.3 Å². The molecule has 1 aliphatic rings. The third-order valence-electron chi connectivity index (χ3n) is 6.71. The lowest BCUT2D eigenvalue weighted by Crippen LogP contribution is -2.32. The average molecular weight is 529 g/mol. The van der Waals surface area contributed by atoms with E-state index in [2.05, 4.69) is 30.7 Å². The predicted molar refractivity (Wildman–Crippen MR) is 141 cm³/mol. The summed E-state index contributed by atoms with van der Waals surface area (Å²) in [5, 5.41) is 20.6. The number of nitrogens with one attached hydrogen (secondary N) is 1. The molecule has 0 radical (unpaired) electrons. The van der Waals surface area contributed by atoms with Crippen LogP contribution in [0.1, 0.15) is 24.4 Å². The smallest absolute Gasteiger partial charge is 0.244 e. The number of carbonyl (C=O) groups is 2. The van der Waals surface area contributed by atoms with Crippen molar-refractivity contribution in [2.75, 3.05) is 32.6 Å². The van der Waals surface area contributed by atoms with Gasteiger partial charge in [-0.2, -0.15) is 10.2 Å². The lowest BCUT2D eigenvalue weighted by Gasteiger charge is -2.16. The maximum Gasteiger partial charge on any atom is 0.244 e. The fourth-order valence-corrected chi connectivity index (χ4v) is 4.25. The molecule has 1 fully saturated rings. The highest BCUT2D eigenvalue weighted by Crippen LogP contribution is 2.30. The first-order valence-corrected chi connectivity index (χ1v) is 12.7. The van der Waals surface area contributed by atoms with Crippen LogP contribution in [-0.2, 0) is 27.3 Å². The number of amides is 2. The lowest BCUT2D eigenvalue weighted by atomic mass is 10.1. The monoisotopic (exact) mass is 528 g/mol. The Kier molecular flexibility index (Phi) is 6.49. The van der Waals surface area contributed by atoms with Gasteiger partial charge in [0, 0.05) is 50.1 Å². The number of fused-ring (bicyclic) bond motifs is 2. The second-order valence-corrected chi connectivity index (χ2v) is 9.69. The molecule has 0 atom stereocenters. The van der Waals surface area contributed by atoms with Crippen LogP contribution in [0.5, 0.6) is 0 Å². The van der Waals surface area contributed by atoms with Crippen molar-refractivity contribution in [1.82, 2.24) is 43.9 Å². The molecule has 5 heterocycles. The Hall–Kier alpha value is -4.65. The number of carbonyl (C=O) groups excluding carboxylic acids is 2. The number of methoxy groups -OCH3 is 1. The Morgan fingerprint density at radius 3 is 2.74 bits per heavy atom. The number of pyridine rings is 1. The first kappa shape index (κ1) is 24.7. The molecule has 5 aromatic heterocycles. The number of aromatic nitrogens is 8. The van der Waals surface area contributed by atoms with Gasteiger partial charge >= 0.3 is 0 Å². The molecule has 0 aromatic carbocycles. The zero-order chi connectivity index (χ0) is 26.9. The molecule has 13 nitrogen and oxygen atoms in total. The molecule has 5 aromatic rings. The van der Waals surface area contributed by atoms with Crippen LogP contribution in [0.3, 0.4) is 0 Å². The highest BCUT2D eigenvalue weighted by atomic mass is 16.5. The molecule has 200 valence electrons. The fraction of sp³-hybridized carbons (Fsp3) is 0.346. The van der Waals surface area contributed by atoms with Crippen molar-refractivity contribution in [2.45, 2.75) is 25.8 Å². The van der Waals surface area contributed by atoms with E-state index >= 15 is 0 Å². The second kappa shape index (κ2) is 10.3. The van der Waals surface area contributed by atoms with Crippen molar-refractivity contribution in [2.24, 2.45) is 5.92 Å². The Bertz CT molecular complexity index is 1670. The van der Waals surface area contributed by atoms with Gasteiger partial charge in [0.25, 0.3) is 0 Å². The van der Waals surface area contributed by atoms with Crippen molar-refractivity contribution >= 4 is 28.9 Å². The van der Waals surface area contributed by atoms with Crippen molar-refractivity contribution in [3.05, 3.63) is 60.6 Å². The Balaban J connectivity index is 1.18. The van der Waals surface area contributed by atoms with Gasteiger partial charge in [0.1, 0.15) is 12.4 Å². The molecule has 2 amide bonds. The average Bonchev–Trinajstić information content (AvgIpc) is 3.37. The predicted octanol–water partition coefficient (Wildman–Crippen LogP) is 1.68. The summed E-state index contributed by atoms with van der Waals surface area (Å²) < 4.78 is 10.3. The number of ether oxygens (including phenoxy) is 1. The first-order chi connectivity index (χ1) is 19.0. The van der Waals surface area contributed by atoms with E-state index in [0.717, 1.165) is 35.5 Å². The van der Waals surface area contributed by atoms with E-state index in [1.807, 2.05) is 41.1 Å². The lowest BCUT2D eigenvalue weighted by molar-refractivity contribution is -0.131. The van der Waals surface area contributed by atoms with Crippen LogP contribution in [0.2, 0.25) is 0 Å². The molecule has 6 rings (SSSR count). The summed E-state index contributed by atoms with van der Waals surface area (Å²) in [4.78, 5) is 30.6. The van der Waals surface area contributed by atoms with Gasteiger partial charge in [-0.15, -0.1) is 10.2 Å². The number of rotatable bonds is 10. The Labute approximate surface area is 223 Å². The molecule has 13 heteroatoms. The maximum absolute atomic E-state index is 12.4. The molecule has 1 N–H and O–H groups in total. The topological polar surface area (TPSA) is 137 Å². The van der Waals surface area contributed by atoms with Gasteiger partial charge in [0.2, 0.25) is 11.8 Å². The van der Waals surface area contributed by atoms with Crippen molar-refractivity contribution in [3.63, 3.8) is 0 Å². The quantitative estimate of drug-likeness (QED) is 0.289. The van der Waals surface area contributed by atoms with Crippen LogP contribution in [0, 0.1) is 5.92 Å². The largest absolute Gasteiger partial charge is 0.383 e. The van der Waals surface area contributed by atoms with Crippen LogP contribution in [0.25, 0.3) is 22.4 Å². The van der Waals surface area contributed by atoms with Crippen LogP contribution in [0.15, 0.2) is 49.1 Å². The molecular weight excluding hydrogens is 500 g/mol. The molecule has 1 aliphatic carbocycles. The van der Waals surface area contributed by atoms with Gasteiger partial charge < -0.3 is 15.0 Å². The van der Waals surface area contributed by atoms with Gasteiger partial charge in [-0.05, 0) is 37.1 Å². The van der Waals surface area contributed by atoms with E-state index in [1.54, 1.807) is 40.6 Å². The van der Waals surface area contributed by atoms with Gasteiger partial charge in [0.05, 0.1) is 31.1 Å². The van der Waals surface area contributed by atoms with Crippen LogP contribution >= 0.6 is 0 Å². The standard InChI is InChI=1S/C26H28N10O3/c1-33(9-10-39-2)25(37)16-34-13-19(12-27-34)18-5-7-23-30-31-24(35(23)14-18)11-20-6-8-22-28-21(15-36(22)32-20)29-26(38)17-3-4-17/h5-8,12-15,17H,3-4,9-11,16H2,1-2H3,(H,29,38). The summed E-state index contributed by atoms with van der Waals surface area (Å²) in [7, 11) is 3.36. The molecule has 39 heavy (non-hydrogen) atoms. The molecule has 0 unspecified atom stereocenters. The summed E-state index contributed by atoms with van der Waals surface area (Å²) in [6, 6.07) is 7.61. The van der Waals surface area contributed by atoms with Crippen LogP contribution in [-0.4, -0.2) is 83.0 Å². The van der Waals surface area contributed by atoms with E-state index in [9.17, 15) is 9.59 Å². The number of imidazole rings is 1. The van der Waals surface area contributed by atoms with Crippen LogP contribution in [0.4, 0.5) is 5.82 Å². The SMILES string of the molecule is COCCN(C)C(=O)Cn1cc(-c2ccc3nnc(Cc4ccc5nc(NC(=O)C6CC6)cn5n4)n3c2)cn1. The molecule has 0 saturated heterocycles. The summed E-state index contributed by atoms with van der Waals surface area (Å²) in [6.07, 6.45) is 9.58. The van der Waals surface area contributed by atoms with Crippen molar-refractivity contribution in [1.29, 1.82) is 0 Å². The third kappa shape index (κ3) is 5.34. The maximum atomic E-state index is 12.4. The molecule has 0 aliphatic heterocycles. The number of anilines is 1. The van der Waals surface area contributed by atoms with E-state index in [-0.39, 0.29) is 24.3 Å².